The molecule has 2 aliphatic heterocycles. The van der Waals surface area contributed by atoms with Crippen LogP contribution in [0.15, 0.2) is 12.1 Å². The lowest BCUT2D eigenvalue weighted by Gasteiger charge is -2.60. The van der Waals surface area contributed by atoms with Crippen LogP contribution in [0.25, 0.3) is 0 Å². The second-order valence-electron chi connectivity index (χ2n) is 13.8. The molecule has 0 saturated heterocycles. The molecule has 0 aromatic heterocycles. The zero-order valence-corrected chi connectivity index (χ0v) is 22.2. The van der Waals surface area contributed by atoms with Crippen molar-refractivity contribution in [1.82, 2.24) is 4.90 Å². The SMILES string of the molecule is C[C@H]1Cc2ccc(O)c3c2[C@@]2(CCN1CC1CC1)C(O3)C(O)[C@@H]([C@](C)(O)C(C)(C)C)CC2(C)C. The Balaban J connectivity index is 1.64. The van der Waals surface area contributed by atoms with E-state index in [1.165, 1.54) is 18.4 Å². The van der Waals surface area contributed by atoms with E-state index in [9.17, 15) is 15.3 Å². The number of phenols is 1. The molecule has 5 rings (SSSR count). The summed E-state index contributed by atoms with van der Waals surface area (Å²) in [5.74, 6) is 1.22. The summed E-state index contributed by atoms with van der Waals surface area (Å²) < 4.78 is 6.59. The molecule has 2 saturated carbocycles. The summed E-state index contributed by atoms with van der Waals surface area (Å²) in [7, 11) is 0. The van der Waals surface area contributed by atoms with Crippen LogP contribution >= 0.6 is 0 Å². The monoisotopic (exact) mass is 471 g/mol. The van der Waals surface area contributed by atoms with E-state index in [1.54, 1.807) is 6.07 Å². The molecular weight excluding hydrogens is 426 g/mol. The van der Waals surface area contributed by atoms with E-state index in [2.05, 4.69) is 31.7 Å². The Kier molecular flexibility index (Phi) is 5.45. The van der Waals surface area contributed by atoms with Crippen molar-refractivity contribution in [3.05, 3.63) is 23.3 Å². The molecule has 2 unspecified atom stereocenters. The molecule has 1 aromatic rings. The van der Waals surface area contributed by atoms with Gasteiger partial charge in [0.1, 0.15) is 6.10 Å². The third kappa shape index (κ3) is 3.37. The molecule has 4 aliphatic rings. The van der Waals surface area contributed by atoms with E-state index < -0.39 is 28.6 Å². The van der Waals surface area contributed by atoms with Crippen molar-refractivity contribution in [1.29, 1.82) is 0 Å². The summed E-state index contributed by atoms with van der Waals surface area (Å²) in [5, 5.41) is 34.5. The van der Waals surface area contributed by atoms with Crippen molar-refractivity contribution in [2.24, 2.45) is 22.7 Å². The Morgan fingerprint density at radius 3 is 2.44 bits per heavy atom. The minimum Gasteiger partial charge on any atom is -0.504 e. The van der Waals surface area contributed by atoms with Gasteiger partial charge in [-0.15, -0.1) is 0 Å². The lowest BCUT2D eigenvalue weighted by Crippen LogP contribution is -2.67. The lowest BCUT2D eigenvalue weighted by molar-refractivity contribution is -0.198. The van der Waals surface area contributed by atoms with Gasteiger partial charge in [-0.2, -0.15) is 0 Å². The summed E-state index contributed by atoms with van der Waals surface area (Å²) in [6.07, 6.45) is 3.86. The molecular formula is C29H45NO4. The van der Waals surface area contributed by atoms with Gasteiger partial charge in [-0.05, 0) is 80.9 Å². The van der Waals surface area contributed by atoms with E-state index in [4.69, 9.17) is 4.74 Å². The molecule has 2 aliphatic carbocycles. The number of hydrogen-bond acceptors (Lipinski definition) is 5. The van der Waals surface area contributed by atoms with Gasteiger partial charge in [-0.3, -0.25) is 0 Å². The van der Waals surface area contributed by atoms with Crippen molar-refractivity contribution in [3.63, 3.8) is 0 Å². The molecule has 2 fully saturated rings. The zero-order valence-electron chi connectivity index (χ0n) is 22.2. The first-order valence-corrected chi connectivity index (χ1v) is 13.4. The highest BCUT2D eigenvalue weighted by Crippen LogP contribution is 2.66. The predicted molar refractivity (Wildman–Crippen MR) is 134 cm³/mol. The largest absolute Gasteiger partial charge is 0.504 e. The van der Waals surface area contributed by atoms with Crippen molar-refractivity contribution in [3.8, 4) is 11.5 Å². The van der Waals surface area contributed by atoms with Crippen molar-refractivity contribution >= 4 is 0 Å². The number of aliphatic hydroxyl groups excluding tert-OH is 1. The summed E-state index contributed by atoms with van der Waals surface area (Å²) in [4.78, 5) is 2.65. The maximum absolute atomic E-state index is 11.9. The summed E-state index contributed by atoms with van der Waals surface area (Å²) in [6.45, 7) is 17.0. The highest BCUT2D eigenvalue weighted by atomic mass is 16.5. The standard InChI is InChI=1S/C29H45NO4/c1-17-14-19-10-11-21(31)24-22(19)29(12-13-30(17)16-18-8-9-18)25(34-24)23(32)20(15-27(29,5)6)28(7,33)26(2,3)4/h10-11,17-18,20,23,25,31-33H,8-9,12-16H2,1-7H3/t17-,20-,23?,25?,28-,29-/m0/s1. The van der Waals surface area contributed by atoms with Gasteiger partial charge in [0.2, 0.25) is 0 Å². The number of rotatable bonds is 3. The van der Waals surface area contributed by atoms with Gasteiger partial charge < -0.3 is 25.0 Å². The van der Waals surface area contributed by atoms with Crippen LogP contribution in [0.1, 0.15) is 85.3 Å². The second-order valence-corrected chi connectivity index (χ2v) is 13.8. The number of ether oxygens (including phenoxy) is 1. The molecule has 3 N–H and O–H groups in total. The number of benzene rings is 1. The van der Waals surface area contributed by atoms with Crippen LogP contribution in [0, 0.1) is 22.7 Å². The van der Waals surface area contributed by atoms with E-state index in [0.717, 1.165) is 37.4 Å². The quantitative estimate of drug-likeness (QED) is 0.599. The number of hydrogen-bond donors (Lipinski definition) is 3. The maximum Gasteiger partial charge on any atom is 0.165 e. The highest BCUT2D eigenvalue weighted by Gasteiger charge is 2.68. The normalized spacial score (nSPS) is 37.1. The average Bonchev–Trinajstić information content (AvgIpc) is 3.46. The third-order valence-electron chi connectivity index (χ3n) is 10.4. The fourth-order valence-corrected chi connectivity index (χ4v) is 7.49. The molecule has 1 aromatic carbocycles. The summed E-state index contributed by atoms with van der Waals surface area (Å²) in [6, 6.07) is 4.27. The first-order valence-electron chi connectivity index (χ1n) is 13.4. The van der Waals surface area contributed by atoms with Gasteiger partial charge in [0.25, 0.3) is 0 Å². The first kappa shape index (κ1) is 24.4. The molecule has 190 valence electrons. The third-order valence-corrected chi connectivity index (χ3v) is 10.4. The second kappa shape index (κ2) is 7.60. The van der Waals surface area contributed by atoms with Crippen LogP contribution in [-0.2, 0) is 11.8 Å². The minimum atomic E-state index is -1.07. The topological polar surface area (TPSA) is 73.2 Å². The van der Waals surface area contributed by atoms with Gasteiger partial charge in [0.15, 0.2) is 11.5 Å². The van der Waals surface area contributed by atoms with Gasteiger partial charge in [-0.1, -0.05) is 40.7 Å². The van der Waals surface area contributed by atoms with Crippen LogP contribution in [0.4, 0.5) is 0 Å². The molecule has 34 heavy (non-hydrogen) atoms. The van der Waals surface area contributed by atoms with Crippen molar-refractivity contribution < 1.29 is 20.1 Å². The number of phenolic OH excluding ortho intramolecular Hbond substituents is 1. The van der Waals surface area contributed by atoms with Crippen LogP contribution in [0.3, 0.4) is 0 Å². The van der Waals surface area contributed by atoms with Gasteiger partial charge >= 0.3 is 0 Å². The predicted octanol–water partition coefficient (Wildman–Crippen LogP) is 4.64. The Morgan fingerprint density at radius 1 is 1.15 bits per heavy atom. The Hall–Kier alpha value is -1.30. The minimum absolute atomic E-state index is 0.165. The maximum atomic E-state index is 11.9. The van der Waals surface area contributed by atoms with Crippen LogP contribution < -0.4 is 4.74 Å². The fourth-order valence-electron chi connectivity index (χ4n) is 7.49. The van der Waals surface area contributed by atoms with Crippen molar-refractivity contribution in [2.45, 2.75) is 110 Å². The number of aromatic hydroxyl groups is 1. The zero-order chi connectivity index (χ0) is 24.8. The Bertz CT molecular complexity index is 960. The smallest absolute Gasteiger partial charge is 0.165 e. The van der Waals surface area contributed by atoms with Gasteiger partial charge in [-0.25, -0.2) is 0 Å². The fraction of sp³-hybridized carbons (Fsp3) is 0.793. The van der Waals surface area contributed by atoms with Crippen LogP contribution in [0.5, 0.6) is 11.5 Å². The van der Waals surface area contributed by atoms with E-state index in [1.807, 2.05) is 27.7 Å². The van der Waals surface area contributed by atoms with E-state index in [0.29, 0.717) is 18.2 Å². The molecule has 0 bridgehead atoms. The average molecular weight is 472 g/mol. The molecule has 5 heteroatoms. The summed E-state index contributed by atoms with van der Waals surface area (Å²) >= 11 is 0. The van der Waals surface area contributed by atoms with Gasteiger partial charge in [0, 0.05) is 29.5 Å². The molecule has 5 nitrogen and oxygen atoms in total. The van der Waals surface area contributed by atoms with E-state index >= 15 is 0 Å². The van der Waals surface area contributed by atoms with Crippen molar-refractivity contribution in [2.75, 3.05) is 13.1 Å². The first-order chi connectivity index (χ1) is 15.7. The van der Waals surface area contributed by atoms with E-state index in [-0.39, 0.29) is 17.1 Å². The molecule has 2 heterocycles. The lowest BCUT2D eigenvalue weighted by atomic mass is 9.46. The molecule has 1 spiro atoms. The Labute approximate surface area is 205 Å². The summed E-state index contributed by atoms with van der Waals surface area (Å²) in [5.41, 5.74) is 0.245. The van der Waals surface area contributed by atoms with Crippen LogP contribution in [-0.4, -0.2) is 57.2 Å². The molecule has 6 atom stereocenters. The highest BCUT2D eigenvalue weighted by molar-refractivity contribution is 5.59. The van der Waals surface area contributed by atoms with Crippen LogP contribution in [0.2, 0.25) is 0 Å². The number of aliphatic hydroxyl groups is 2. The molecule has 0 amide bonds. The van der Waals surface area contributed by atoms with Gasteiger partial charge in [0.05, 0.1) is 11.7 Å². The Morgan fingerprint density at radius 2 is 1.82 bits per heavy atom. The molecule has 0 radical (unpaired) electrons. The number of nitrogens with zero attached hydrogens (tertiary/aromatic N) is 1.